The van der Waals surface area contributed by atoms with Gasteiger partial charge in [0.15, 0.2) is 0 Å². The number of rotatable bonds is 3. The molecule has 2 aromatic heterocycles. The molecule has 1 aromatic carbocycles. The van der Waals surface area contributed by atoms with Crippen molar-refractivity contribution < 1.29 is 0 Å². The van der Waals surface area contributed by atoms with Gasteiger partial charge < -0.3 is 0 Å². The Balaban J connectivity index is 1.69. The Morgan fingerprint density at radius 1 is 1.30 bits per heavy atom. The van der Waals surface area contributed by atoms with E-state index in [2.05, 4.69) is 24.0 Å². The molecule has 1 aliphatic carbocycles. The zero-order chi connectivity index (χ0) is 15.8. The summed E-state index contributed by atoms with van der Waals surface area (Å²) in [5.41, 5.74) is 2.66. The summed E-state index contributed by atoms with van der Waals surface area (Å²) in [6, 6.07) is 10.3. The average molecular weight is 324 g/mol. The third-order valence-corrected chi connectivity index (χ3v) is 5.93. The fourth-order valence-electron chi connectivity index (χ4n) is 3.42. The molecule has 0 N–H and O–H groups in total. The summed E-state index contributed by atoms with van der Waals surface area (Å²) in [4.78, 5) is 19.8. The van der Waals surface area contributed by atoms with Gasteiger partial charge in [0.1, 0.15) is 4.83 Å². The lowest BCUT2D eigenvalue weighted by molar-refractivity contribution is 0.509. The number of nitrogens with zero attached hydrogens (tertiary/aromatic N) is 2. The second kappa shape index (κ2) is 5.93. The maximum atomic E-state index is 12.9. The zero-order valence-corrected chi connectivity index (χ0v) is 14.1. The van der Waals surface area contributed by atoms with Crippen LogP contribution < -0.4 is 5.56 Å². The molecule has 0 fully saturated rings. The summed E-state index contributed by atoms with van der Waals surface area (Å²) in [6.07, 6.45) is 5.88. The number of fused-ring (bicyclic) bond motifs is 3. The van der Waals surface area contributed by atoms with Gasteiger partial charge in [-0.2, -0.15) is 0 Å². The number of benzene rings is 1. The Hall–Kier alpha value is -1.94. The molecular weight excluding hydrogens is 304 g/mol. The van der Waals surface area contributed by atoms with Crippen LogP contribution in [-0.4, -0.2) is 9.55 Å². The molecule has 0 spiro atoms. The number of hydrogen-bond acceptors (Lipinski definition) is 3. The molecule has 3 aromatic rings. The first-order chi connectivity index (χ1) is 11.2. The van der Waals surface area contributed by atoms with E-state index < -0.39 is 0 Å². The van der Waals surface area contributed by atoms with Crippen molar-refractivity contribution in [1.82, 2.24) is 9.55 Å². The fraction of sp³-hybridized carbons (Fsp3) is 0.368. The van der Waals surface area contributed by atoms with Gasteiger partial charge >= 0.3 is 0 Å². The largest absolute Gasteiger partial charge is 0.298 e. The van der Waals surface area contributed by atoms with E-state index in [9.17, 15) is 4.79 Å². The molecule has 2 heterocycles. The third kappa shape index (κ3) is 2.72. The maximum Gasteiger partial charge on any atom is 0.262 e. The first-order valence-corrected chi connectivity index (χ1v) is 9.07. The Morgan fingerprint density at radius 3 is 2.96 bits per heavy atom. The summed E-state index contributed by atoms with van der Waals surface area (Å²) < 4.78 is 1.78. The van der Waals surface area contributed by atoms with Gasteiger partial charge in [-0.05, 0) is 42.7 Å². The zero-order valence-electron chi connectivity index (χ0n) is 13.3. The normalized spacial score (nSPS) is 17.3. The summed E-state index contributed by atoms with van der Waals surface area (Å²) >= 11 is 1.72. The van der Waals surface area contributed by atoms with Crippen LogP contribution in [0.25, 0.3) is 10.2 Å². The van der Waals surface area contributed by atoms with Gasteiger partial charge in [0.25, 0.3) is 5.56 Å². The van der Waals surface area contributed by atoms with Crippen molar-refractivity contribution in [1.29, 1.82) is 0 Å². The molecule has 1 atom stereocenters. The maximum absolute atomic E-state index is 12.9. The van der Waals surface area contributed by atoms with E-state index in [1.807, 2.05) is 18.2 Å². The van der Waals surface area contributed by atoms with Gasteiger partial charge in [-0.25, -0.2) is 4.98 Å². The van der Waals surface area contributed by atoms with Crippen LogP contribution in [0, 0.1) is 5.92 Å². The predicted molar refractivity (Wildman–Crippen MR) is 95.2 cm³/mol. The lowest BCUT2D eigenvalue weighted by atomic mass is 9.89. The lowest BCUT2D eigenvalue weighted by Gasteiger charge is -2.17. The minimum absolute atomic E-state index is 0.137. The molecule has 0 bridgehead atoms. The van der Waals surface area contributed by atoms with Crippen LogP contribution in [0.15, 0.2) is 41.5 Å². The van der Waals surface area contributed by atoms with Crippen molar-refractivity contribution >= 4 is 21.6 Å². The van der Waals surface area contributed by atoms with Crippen LogP contribution in [-0.2, 0) is 25.8 Å². The van der Waals surface area contributed by atoms with Crippen molar-refractivity contribution in [3.05, 3.63) is 63.0 Å². The molecular formula is C19H20N2OS. The quantitative estimate of drug-likeness (QED) is 0.734. The first-order valence-electron chi connectivity index (χ1n) is 8.26. The highest BCUT2D eigenvalue weighted by Crippen LogP contribution is 2.35. The highest BCUT2D eigenvalue weighted by atomic mass is 32.1. The highest BCUT2D eigenvalue weighted by Gasteiger charge is 2.23. The van der Waals surface area contributed by atoms with E-state index in [1.165, 1.54) is 22.4 Å². The first kappa shape index (κ1) is 14.6. The van der Waals surface area contributed by atoms with Crippen molar-refractivity contribution in [2.45, 2.75) is 39.2 Å². The van der Waals surface area contributed by atoms with Gasteiger partial charge in [-0.1, -0.05) is 37.3 Å². The molecule has 0 radical (unpaired) electrons. The van der Waals surface area contributed by atoms with Crippen molar-refractivity contribution in [2.75, 3.05) is 0 Å². The number of aromatic nitrogens is 2. The SMILES string of the molecule is CC1CCc2c(sc3ncn(CCc4ccccc4)c(=O)c23)C1. The molecule has 3 nitrogen and oxygen atoms in total. The summed E-state index contributed by atoms with van der Waals surface area (Å²) in [6.45, 7) is 2.98. The van der Waals surface area contributed by atoms with Crippen LogP contribution in [0.5, 0.6) is 0 Å². The van der Waals surface area contributed by atoms with Crippen molar-refractivity contribution in [2.24, 2.45) is 5.92 Å². The monoisotopic (exact) mass is 324 g/mol. The van der Waals surface area contributed by atoms with Crippen LogP contribution in [0.3, 0.4) is 0 Å². The van der Waals surface area contributed by atoms with Gasteiger partial charge in [0.2, 0.25) is 0 Å². The predicted octanol–water partition coefficient (Wildman–Crippen LogP) is 3.83. The van der Waals surface area contributed by atoms with Gasteiger partial charge in [0, 0.05) is 11.4 Å². The summed E-state index contributed by atoms with van der Waals surface area (Å²) in [5.74, 6) is 0.718. The molecule has 4 rings (SSSR count). The Labute approximate surface area is 139 Å². The van der Waals surface area contributed by atoms with E-state index in [1.54, 1.807) is 22.2 Å². The van der Waals surface area contributed by atoms with Crippen LogP contribution in [0.2, 0.25) is 0 Å². The van der Waals surface area contributed by atoms with Crippen molar-refractivity contribution in [3.8, 4) is 0 Å². The third-order valence-electron chi connectivity index (χ3n) is 4.77. The lowest BCUT2D eigenvalue weighted by Crippen LogP contribution is -2.22. The molecule has 1 unspecified atom stereocenters. The Kier molecular flexibility index (Phi) is 3.77. The van der Waals surface area contributed by atoms with Gasteiger partial charge in [-0.15, -0.1) is 11.3 Å². The smallest absolute Gasteiger partial charge is 0.262 e. The number of aryl methyl sites for hydroxylation is 3. The van der Waals surface area contributed by atoms with Crippen molar-refractivity contribution in [3.63, 3.8) is 0 Å². The molecule has 0 aliphatic heterocycles. The highest BCUT2D eigenvalue weighted by molar-refractivity contribution is 7.18. The Bertz CT molecular complexity index is 895. The minimum Gasteiger partial charge on any atom is -0.298 e. The van der Waals surface area contributed by atoms with Gasteiger partial charge in [0.05, 0.1) is 11.7 Å². The fourth-order valence-corrected chi connectivity index (χ4v) is 4.76. The molecule has 0 amide bonds. The van der Waals surface area contributed by atoms with Crippen LogP contribution in [0.4, 0.5) is 0 Å². The average Bonchev–Trinajstić information content (AvgIpc) is 2.93. The minimum atomic E-state index is 0.137. The summed E-state index contributed by atoms with van der Waals surface area (Å²) in [7, 11) is 0. The standard InChI is InChI=1S/C19H20N2OS/c1-13-7-8-15-16(11-13)23-18-17(15)19(22)21(12-20-18)10-9-14-5-3-2-4-6-14/h2-6,12-13H,7-11H2,1H3. The Morgan fingerprint density at radius 2 is 2.13 bits per heavy atom. The summed E-state index contributed by atoms with van der Waals surface area (Å²) in [5, 5.41) is 0.882. The van der Waals surface area contributed by atoms with E-state index in [4.69, 9.17) is 0 Å². The topological polar surface area (TPSA) is 34.9 Å². The van der Waals surface area contributed by atoms with Crippen LogP contribution in [0.1, 0.15) is 29.3 Å². The van der Waals surface area contributed by atoms with Crippen LogP contribution >= 0.6 is 11.3 Å². The molecule has 1 aliphatic rings. The molecule has 23 heavy (non-hydrogen) atoms. The molecule has 0 saturated carbocycles. The number of thiophene rings is 1. The van der Waals surface area contributed by atoms with E-state index >= 15 is 0 Å². The second-order valence-electron chi connectivity index (χ2n) is 6.51. The second-order valence-corrected chi connectivity index (χ2v) is 7.59. The molecule has 4 heteroatoms. The van der Waals surface area contributed by atoms with E-state index in [0.717, 1.165) is 35.4 Å². The van der Waals surface area contributed by atoms with E-state index in [0.29, 0.717) is 6.54 Å². The molecule has 118 valence electrons. The van der Waals surface area contributed by atoms with E-state index in [-0.39, 0.29) is 5.56 Å². The number of hydrogen-bond donors (Lipinski definition) is 0. The molecule has 0 saturated heterocycles. The van der Waals surface area contributed by atoms with Gasteiger partial charge in [-0.3, -0.25) is 9.36 Å².